The molecular weight excluding hydrogens is 389 g/mol. The Morgan fingerprint density at radius 1 is 1.28 bits per heavy atom. The summed E-state index contributed by atoms with van der Waals surface area (Å²) in [5.41, 5.74) is 7.39. The number of ether oxygens (including phenoxy) is 1. The number of esters is 2. The zero-order valence-electron chi connectivity index (χ0n) is 15.7. The van der Waals surface area contributed by atoms with Gasteiger partial charge in [0, 0.05) is 30.6 Å². The van der Waals surface area contributed by atoms with Crippen LogP contribution in [0.5, 0.6) is 0 Å². The number of hydrogen-bond donors (Lipinski definition) is 1. The largest absolute Gasteiger partial charge is 0.491 e. The van der Waals surface area contributed by atoms with Crippen molar-refractivity contribution >= 4 is 17.8 Å². The molecule has 1 aliphatic heterocycles. The Bertz CT molecular complexity index is 840. The summed E-state index contributed by atoms with van der Waals surface area (Å²) in [6.07, 6.45) is -3.05. The van der Waals surface area contributed by atoms with E-state index in [9.17, 15) is 27.6 Å². The molecule has 0 aromatic heterocycles. The Hall–Kier alpha value is -2.86. The van der Waals surface area contributed by atoms with Gasteiger partial charge in [0.1, 0.15) is 0 Å². The first kappa shape index (κ1) is 22.4. The predicted octanol–water partition coefficient (Wildman–Crippen LogP) is 2.19. The third-order valence-electron chi connectivity index (χ3n) is 4.26. The SMILES string of the molecule is NCCCC#Cc1ccc2c(c1)C(=O)N(CCC(=O)OC(=O)C(F)(F)F)CCC2. The van der Waals surface area contributed by atoms with E-state index < -0.39 is 24.5 Å². The minimum atomic E-state index is -5.24. The van der Waals surface area contributed by atoms with E-state index in [0.717, 1.165) is 12.0 Å². The molecule has 0 atom stereocenters. The van der Waals surface area contributed by atoms with Gasteiger partial charge >= 0.3 is 18.1 Å². The molecule has 1 heterocycles. The summed E-state index contributed by atoms with van der Waals surface area (Å²) in [6, 6.07) is 5.34. The van der Waals surface area contributed by atoms with Crippen LogP contribution in [-0.4, -0.2) is 48.6 Å². The van der Waals surface area contributed by atoms with Gasteiger partial charge in [0.05, 0.1) is 6.42 Å². The Kier molecular flexibility index (Phi) is 7.79. The molecule has 1 amide bonds. The van der Waals surface area contributed by atoms with Crippen LogP contribution in [0.2, 0.25) is 0 Å². The van der Waals surface area contributed by atoms with Crippen molar-refractivity contribution in [3.05, 3.63) is 34.9 Å². The molecule has 0 fully saturated rings. The fourth-order valence-corrected chi connectivity index (χ4v) is 2.81. The molecule has 2 N–H and O–H groups in total. The van der Waals surface area contributed by atoms with E-state index in [-0.39, 0.29) is 12.5 Å². The maximum absolute atomic E-state index is 12.8. The Morgan fingerprint density at radius 3 is 2.72 bits per heavy atom. The first-order valence-corrected chi connectivity index (χ1v) is 9.15. The number of amides is 1. The van der Waals surface area contributed by atoms with Crippen LogP contribution in [0.25, 0.3) is 0 Å². The smallest absolute Gasteiger partial charge is 0.386 e. The number of fused-ring (bicyclic) bond motifs is 1. The monoisotopic (exact) mass is 410 g/mol. The highest BCUT2D eigenvalue weighted by molar-refractivity contribution is 5.97. The lowest BCUT2D eigenvalue weighted by atomic mass is 10.0. The second-order valence-electron chi connectivity index (χ2n) is 6.47. The molecule has 9 heteroatoms. The van der Waals surface area contributed by atoms with Gasteiger partial charge in [-0.25, -0.2) is 4.79 Å². The quantitative estimate of drug-likeness (QED) is 0.348. The topological polar surface area (TPSA) is 89.7 Å². The molecule has 0 bridgehead atoms. The molecule has 0 spiro atoms. The number of carbonyl (C=O) groups excluding carboxylic acids is 3. The fourth-order valence-electron chi connectivity index (χ4n) is 2.81. The molecule has 0 radical (unpaired) electrons. The van der Waals surface area contributed by atoms with Gasteiger partial charge in [-0.1, -0.05) is 17.9 Å². The van der Waals surface area contributed by atoms with Gasteiger partial charge in [-0.3, -0.25) is 9.59 Å². The van der Waals surface area contributed by atoms with Crippen molar-refractivity contribution in [3.8, 4) is 11.8 Å². The number of alkyl halides is 3. The lowest BCUT2D eigenvalue weighted by Gasteiger charge is -2.20. The normalized spacial score (nSPS) is 13.8. The van der Waals surface area contributed by atoms with E-state index in [4.69, 9.17) is 5.73 Å². The van der Waals surface area contributed by atoms with E-state index in [0.29, 0.717) is 43.5 Å². The summed E-state index contributed by atoms with van der Waals surface area (Å²) in [4.78, 5) is 36.4. The highest BCUT2D eigenvalue weighted by Gasteiger charge is 2.42. The van der Waals surface area contributed by atoms with Crippen molar-refractivity contribution in [1.29, 1.82) is 0 Å². The fraction of sp³-hybridized carbons (Fsp3) is 0.450. The van der Waals surface area contributed by atoms with Gasteiger partial charge in [0.2, 0.25) is 0 Å². The third kappa shape index (κ3) is 6.61. The zero-order chi connectivity index (χ0) is 21.4. The van der Waals surface area contributed by atoms with Crippen molar-refractivity contribution in [3.63, 3.8) is 0 Å². The molecule has 0 saturated heterocycles. The number of unbranched alkanes of at least 4 members (excludes halogenated alkanes) is 1. The van der Waals surface area contributed by atoms with E-state index in [2.05, 4.69) is 16.6 Å². The number of benzene rings is 1. The van der Waals surface area contributed by atoms with Crippen molar-refractivity contribution in [1.82, 2.24) is 4.90 Å². The predicted molar refractivity (Wildman–Crippen MR) is 97.6 cm³/mol. The van der Waals surface area contributed by atoms with E-state index in [1.54, 1.807) is 6.07 Å². The van der Waals surface area contributed by atoms with E-state index in [1.807, 2.05) is 12.1 Å². The molecule has 1 aromatic carbocycles. The zero-order valence-corrected chi connectivity index (χ0v) is 15.7. The second kappa shape index (κ2) is 10.1. The van der Waals surface area contributed by atoms with Crippen LogP contribution in [0, 0.1) is 11.8 Å². The average molecular weight is 410 g/mol. The summed E-state index contributed by atoms with van der Waals surface area (Å²) < 4.78 is 40.2. The highest BCUT2D eigenvalue weighted by atomic mass is 19.4. The summed E-state index contributed by atoms with van der Waals surface area (Å²) in [5.74, 6) is 1.73. The first-order chi connectivity index (χ1) is 13.7. The van der Waals surface area contributed by atoms with Crippen LogP contribution in [0.15, 0.2) is 18.2 Å². The standard InChI is InChI=1S/C20H21F3N2O4/c21-20(22,23)19(28)29-17(26)9-12-25-11-4-6-15-8-7-14(5-2-1-3-10-24)13-16(15)18(25)27/h7-8,13H,1,3-4,6,9-12,24H2. The lowest BCUT2D eigenvalue weighted by Crippen LogP contribution is -2.34. The molecule has 1 aliphatic rings. The lowest BCUT2D eigenvalue weighted by molar-refractivity contribution is -0.201. The van der Waals surface area contributed by atoms with Crippen molar-refractivity contribution in [2.24, 2.45) is 5.73 Å². The Labute approximate surface area is 166 Å². The summed E-state index contributed by atoms with van der Waals surface area (Å²) in [6.45, 7) is 0.740. The number of nitrogens with zero attached hydrogens (tertiary/aromatic N) is 1. The summed E-state index contributed by atoms with van der Waals surface area (Å²) in [7, 11) is 0. The number of aryl methyl sites for hydroxylation is 1. The minimum absolute atomic E-state index is 0.144. The van der Waals surface area contributed by atoms with Gasteiger partial charge in [0.25, 0.3) is 5.91 Å². The highest BCUT2D eigenvalue weighted by Crippen LogP contribution is 2.21. The van der Waals surface area contributed by atoms with Crippen LogP contribution in [0.3, 0.4) is 0 Å². The minimum Gasteiger partial charge on any atom is -0.386 e. The molecule has 156 valence electrons. The number of hydrogen-bond acceptors (Lipinski definition) is 5. The number of nitrogens with two attached hydrogens (primary N) is 1. The molecule has 29 heavy (non-hydrogen) atoms. The van der Waals surface area contributed by atoms with Crippen LogP contribution in [-0.2, 0) is 20.7 Å². The molecule has 2 rings (SSSR count). The number of halogens is 3. The average Bonchev–Trinajstić information content (AvgIpc) is 2.82. The van der Waals surface area contributed by atoms with Crippen LogP contribution >= 0.6 is 0 Å². The van der Waals surface area contributed by atoms with Crippen molar-refractivity contribution in [2.45, 2.75) is 38.3 Å². The van der Waals surface area contributed by atoms with Gasteiger partial charge in [-0.05, 0) is 43.5 Å². The molecule has 0 aliphatic carbocycles. The Balaban J connectivity index is 2.04. The second-order valence-corrected chi connectivity index (χ2v) is 6.47. The van der Waals surface area contributed by atoms with E-state index >= 15 is 0 Å². The third-order valence-corrected chi connectivity index (χ3v) is 4.26. The maximum Gasteiger partial charge on any atom is 0.491 e. The van der Waals surface area contributed by atoms with Gasteiger partial charge < -0.3 is 15.4 Å². The van der Waals surface area contributed by atoms with E-state index in [1.165, 1.54) is 4.90 Å². The van der Waals surface area contributed by atoms with Crippen molar-refractivity contribution in [2.75, 3.05) is 19.6 Å². The number of carbonyl (C=O) groups is 3. The first-order valence-electron chi connectivity index (χ1n) is 9.15. The van der Waals surface area contributed by atoms with Gasteiger partial charge in [-0.2, -0.15) is 13.2 Å². The summed E-state index contributed by atoms with van der Waals surface area (Å²) in [5, 5.41) is 0. The van der Waals surface area contributed by atoms with Crippen molar-refractivity contribution < 1.29 is 32.3 Å². The maximum atomic E-state index is 12.8. The Morgan fingerprint density at radius 2 is 2.03 bits per heavy atom. The molecule has 0 saturated carbocycles. The van der Waals surface area contributed by atoms with Crippen LogP contribution in [0.4, 0.5) is 13.2 Å². The molecule has 1 aromatic rings. The summed E-state index contributed by atoms with van der Waals surface area (Å²) >= 11 is 0. The van der Waals surface area contributed by atoms with Gasteiger partial charge in [-0.15, -0.1) is 0 Å². The van der Waals surface area contributed by atoms with Gasteiger partial charge in [0.15, 0.2) is 0 Å². The number of rotatable bonds is 5. The molecular formula is C20H21F3N2O4. The van der Waals surface area contributed by atoms with Crippen LogP contribution < -0.4 is 5.73 Å². The molecule has 6 nitrogen and oxygen atoms in total. The molecule has 0 unspecified atom stereocenters. The van der Waals surface area contributed by atoms with Crippen LogP contribution in [0.1, 0.15) is 47.2 Å².